The third-order valence-electron chi connectivity index (χ3n) is 3.89. The van der Waals surface area contributed by atoms with Crippen LogP contribution in [0.25, 0.3) is 0 Å². The smallest absolute Gasteiger partial charge is 0.312 e. The first kappa shape index (κ1) is 12.8. The topological polar surface area (TPSA) is 55.8 Å². The molecule has 0 aliphatic carbocycles. The van der Waals surface area contributed by atoms with E-state index in [4.69, 9.17) is 9.47 Å². The van der Waals surface area contributed by atoms with E-state index in [9.17, 15) is 9.90 Å². The number of carbonyl (C=O) groups is 1. The van der Waals surface area contributed by atoms with Gasteiger partial charge in [0.05, 0.1) is 17.6 Å². The molecule has 17 heavy (non-hydrogen) atoms. The lowest BCUT2D eigenvalue weighted by Crippen LogP contribution is -2.41. The monoisotopic (exact) mass is 242 g/mol. The van der Waals surface area contributed by atoms with Crippen molar-refractivity contribution in [2.75, 3.05) is 13.2 Å². The Hall–Kier alpha value is -0.610. The highest BCUT2D eigenvalue weighted by atomic mass is 16.5. The Kier molecular flexibility index (Phi) is 3.73. The molecule has 2 saturated heterocycles. The van der Waals surface area contributed by atoms with Crippen LogP contribution in [0.4, 0.5) is 0 Å². The average Bonchev–Trinajstić information content (AvgIpc) is 2.84. The number of carboxylic acid groups (broad SMARTS) is 1. The highest BCUT2D eigenvalue weighted by Gasteiger charge is 2.56. The van der Waals surface area contributed by atoms with E-state index in [1.54, 1.807) is 0 Å². The molecule has 4 heteroatoms. The van der Waals surface area contributed by atoms with Crippen LogP contribution < -0.4 is 0 Å². The minimum atomic E-state index is -0.710. The summed E-state index contributed by atoms with van der Waals surface area (Å²) in [5.41, 5.74) is -0.681. The van der Waals surface area contributed by atoms with Crippen molar-refractivity contribution in [1.29, 1.82) is 0 Å². The standard InChI is InChI=1S/C13H22O4/c1-9(2)8-16-6-5-13(12(14)15)7-10-3-4-11(13)17-10/h9-11H,3-8H2,1-2H3,(H,14,15). The molecule has 0 aromatic heterocycles. The normalized spacial score (nSPS) is 35.7. The van der Waals surface area contributed by atoms with Crippen LogP contribution in [0.5, 0.6) is 0 Å². The summed E-state index contributed by atoms with van der Waals surface area (Å²) in [6.07, 6.45) is 3.23. The van der Waals surface area contributed by atoms with Gasteiger partial charge in [-0.25, -0.2) is 0 Å². The fourth-order valence-corrected chi connectivity index (χ4v) is 2.97. The maximum absolute atomic E-state index is 11.5. The highest BCUT2D eigenvalue weighted by Crippen LogP contribution is 2.50. The molecule has 0 aromatic rings. The van der Waals surface area contributed by atoms with Crippen molar-refractivity contribution in [3.8, 4) is 0 Å². The SMILES string of the molecule is CC(C)COCCC1(C(=O)O)CC2CCC1O2. The Balaban J connectivity index is 1.88. The number of aliphatic carboxylic acids is 1. The quantitative estimate of drug-likeness (QED) is 0.724. The van der Waals surface area contributed by atoms with Gasteiger partial charge in [-0.15, -0.1) is 0 Å². The number of fused-ring (bicyclic) bond motifs is 2. The molecule has 0 aromatic carbocycles. The molecule has 4 nitrogen and oxygen atoms in total. The molecule has 3 atom stereocenters. The van der Waals surface area contributed by atoms with Crippen LogP contribution in [0.2, 0.25) is 0 Å². The molecule has 98 valence electrons. The fraction of sp³-hybridized carbons (Fsp3) is 0.923. The summed E-state index contributed by atoms with van der Waals surface area (Å²) in [7, 11) is 0. The van der Waals surface area contributed by atoms with Gasteiger partial charge in [0.2, 0.25) is 0 Å². The number of rotatable bonds is 6. The molecule has 2 fully saturated rings. The molecular weight excluding hydrogens is 220 g/mol. The molecule has 2 bridgehead atoms. The van der Waals surface area contributed by atoms with E-state index >= 15 is 0 Å². The first-order valence-corrected chi connectivity index (χ1v) is 6.51. The lowest BCUT2D eigenvalue weighted by molar-refractivity contribution is -0.154. The van der Waals surface area contributed by atoms with E-state index in [0.29, 0.717) is 32.0 Å². The van der Waals surface area contributed by atoms with Crippen LogP contribution in [-0.2, 0) is 14.3 Å². The predicted octanol–water partition coefficient (Wildman–Crippen LogP) is 2.07. The van der Waals surface area contributed by atoms with E-state index in [1.807, 2.05) is 0 Å². The molecule has 0 spiro atoms. The van der Waals surface area contributed by atoms with Gasteiger partial charge in [-0.05, 0) is 31.6 Å². The summed E-state index contributed by atoms with van der Waals surface area (Å²) in [6, 6.07) is 0. The van der Waals surface area contributed by atoms with E-state index in [1.165, 1.54) is 0 Å². The molecule has 2 aliphatic rings. The number of carboxylic acids is 1. The van der Waals surface area contributed by atoms with Gasteiger partial charge in [0.25, 0.3) is 0 Å². The van der Waals surface area contributed by atoms with E-state index in [-0.39, 0.29) is 12.2 Å². The largest absolute Gasteiger partial charge is 0.481 e. The van der Waals surface area contributed by atoms with Gasteiger partial charge in [0, 0.05) is 13.2 Å². The van der Waals surface area contributed by atoms with Gasteiger partial charge in [-0.3, -0.25) is 4.79 Å². The van der Waals surface area contributed by atoms with Gasteiger partial charge < -0.3 is 14.6 Å². The zero-order valence-electron chi connectivity index (χ0n) is 10.6. The van der Waals surface area contributed by atoms with Crippen molar-refractivity contribution >= 4 is 5.97 Å². The lowest BCUT2D eigenvalue weighted by Gasteiger charge is -2.30. The molecule has 0 saturated carbocycles. The highest BCUT2D eigenvalue weighted by molar-refractivity contribution is 5.76. The Morgan fingerprint density at radius 2 is 2.29 bits per heavy atom. The van der Waals surface area contributed by atoms with Crippen molar-refractivity contribution in [2.45, 2.75) is 51.7 Å². The van der Waals surface area contributed by atoms with Crippen LogP contribution in [-0.4, -0.2) is 36.5 Å². The zero-order chi connectivity index (χ0) is 12.5. The minimum absolute atomic E-state index is 0.0901. The molecular formula is C13H22O4. The Labute approximate surface area is 102 Å². The van der Waals surface area contributed by atoms with Crippen molar-refractivity contribution in [3.63, 3.8) is 0 Å². The third-order valence-corrected chi connectivity index (χ3v) is 3.89. The molecule has 2 rings (SSSR count). The second-order valence-electron chi connectivity index (χ2n) is 5.71. The van der Waals surface area contributed by atoms with Gasteiger partial charge in [0.15, 0.2) is 0 Å². The number of hydrogen-bond donors (Lipinski definition) is 1. The van der Waals surface area contributed by atoms with Crippen molar-refractivity contribution < 1.29 is 19.4 Å². The van der Waals surface area contributed by atoms with Crippen LogP contribution in [0.1, 0.15) is 39.5 Å². The molecule has 2 heterocycles. The van der Waals surface area contributed by atoms with Crippen LogP contribution in [0.15, 0.2) is 0 Å². The van der Waals surface area contributed by atoms with Crippen LogP contribution in [0, 0.1) is 11.3 Å². The lowest BCUT2D eigenvalue weighted by atomic mass is 9.72. The molecule has 3 unspecified atom stereocenters. The minimum Gasteiger partial charge on any atom is -0.481 e. The fourth-order valence-electron chi connectivity index (χ4n) is 2.97. The summed E-state index contributed by atoms with van der Waals surface area (Å²) in [5, 5.41) is 9.46. The average molecular weight is 242 g/mol. The van der Waals surface area contributed by atoms with E-state index < -0.39 is 11.4 Å². The van der Waals surface area contributed by atoms with E-state index in [0.717, 1.165) is 12.8 Å². The van der Waals surface area contributed by atoms with E-state index in [2.05, 4.69) is 13.8 Å². The van der Waals surface area contributed by atoms with Crippen molar-refractivity contribution in [2.24, 2.45) is 11.3 Å². The van der Waals surface area contributed by atoms with Gasteiger partial charge >= 0.3 is 5.97 Å². The van der Waals surface area contributed by atoms with Crippen molar-refractivity contribution in [1.82, 2.24) is 0 Å². The Bertz CT molecular complexity index is 289. The first-order valence-electron chi connectivity index (χ1n) is 6.51. The second-order valence-corrected chi connectivity index (χ2v) is 5.71. The van der Waals surface area contributed by atoms with Gasteiger partial charge in [-0.1, -0.05) is 13.8 Å². The predicted molar refractivity (Wildman–Crippen MR) is 62.9 cm³/mol. The van der Waals surface area contributed by atoms with Gasteiger partial charge in [0.1, 0.15) is 0 Å². The second kappa shape index (κ2) is 4.94. The summed E-state index contributed by atoms with van der Waals surface area (Å²) in [6.45, 7) is 5.41. The maximum atomic E-state index is 11.5. The molecule has 0 amide bonds. The molecule has 0 radical (unpaired) electrons. The maximum Gasteiger partial charge on any atom is 0.312 e. The summed E-state index contributed by atoms with van der Waals surface area (Å²) < 4.78 is 11.2. The number of ether oxygens (including phenoxy) is 2. The third kappa shape index (κ3) is 2.47. The van der Waals surface area contributed by atoms with Crippen LogP contribution >= 0.6 is 0 Å². The summed E-state index contributed by atoms with van der Waals surface area (Å²) in [5.74, 6) is -0.218. The molecule has 1 N–H and O–H groups in total. The summed E-state index contributed by atoms with van der Waals surface area (Å²) in [4.78, 5) is 11.5. The molecule has 2 aliphatic heterocycles. The van der Waals surface area contributed by atoms with Crippen LogP contribution in [0.3, 0.4) is 0 Å². The Morgan fingerprint density at radius 1 is 1.53 bits per heavy atom. The van der Waals surface area contributed by atoms with Crippen molar-refractivity contribution in [3.05, 3.63) is 0 Å². The first-order chi connectivity index (χ1) is 8.04. The number of hydrogen-bond acceptors (Lipinski definition) is 3. The Morgan fingerprint density at radius 3 is 2.76 bits per heavy atom. The summed E-state index contributed by atoms with van der Waals surface area (Å²) >= 11 is 0. The van der Waals surface area contributed by atoms with Gasteiger partial charge in [-0.2, -0.15) is 0 Å². The zero-order valence-corrected chi connectivity index (χ0v) is 10.6.